The molecule has 7 heteroatoms. The first-order valence-electron chi connectivity index (χ1n) is 7.31. The number of aromatic nitrogens is 1. The van der Waals surface area contributed by atoms with Crippen LogP contribution in [-0.4, -0.2) is 42.2 Å². The summed E-state index contributed by atoms with van der Waals surface area (Å²) >= 11 is 1.55. The third-order valence-corrected chi connectivity index (χ3v) is 4.39. The van der Waals surface area contributed by atoms with Gasteiger partial charge in [0.05, 0.1) is 30.0 Å². The van der Waals surface area contributed by atoms with Crippen molar-refractivity contribution in [2.45, 2.75) is 13.0 Å². The first-order chi connectivity index (χ1) is 11.1. The molecule has 2 heterocycles. The monoisotopic (exact) mass is 336 g/mol. The summed E-state index contributed by atoms with van der Waals surface area (Å²) in [4.78, 5) is 18.7. The summed E-state index contributed by atoms with van der Waals surface area (Å²) in [6, 6.07) is 5.43. The Kier molecular flexibility index (Phi) is 4.88. The van der Waals surface area contributed by atoms with Crippen LogP contribution in [0.15, 0.2) is 29.6 Å². The normalized spacial score (nSPS) is 18.0. The van der Waals surface area contributed by atoms with E-state index in [1.807, 2.05) is 12.3 Å². The van der Waals surface area contributed by atoms with Crippen molar-refractivity contribution < 1.29 is 18.7 Å². The van der Waals surface area contributed by atoms with Crippen LogP contribution in [0.1, 0.15) is 16.7 Å². The second kappa shape index (κ2) is 7.06. The van der Waals surface area contributed by atoms with Crippen molar-refractivity contribution in [1.29, 1.82) is 0 Å². The van der Waals surface area contributed by atoms with Gasteiger partial charge in [0.25, 0.3) is 5.91 Å². The van der Waals surface area contributed by atoms with Crippen LogP contribution in [0.3, 0.4) is 0 Å². The molecule has 0 unspecified atom stereocenters. The Labute approximate surface area is 137 Å². The van der Waals surface area contributed by atoms with Crippen molar-refractivity contribution >= 4 is 17.2 Å². The lowest BCUT2D eigenvalue weighted by molar-refractivity contribution is -0.142. The minimum absolute atomic E-state index is 0.0920. The Morgan fingerprint density at radius 2 is 2.26 bits per heavy atom. The summed E-state index contributed by atoms with van der Waals surface area (Å²) in [5.74, 6) is -0.00170. The molecular formula is C16H17FN2O3S. The molecule has 1 aromatic carbocycles. The maximum Gasteiger partial charge on any atom is 0.261 e. The Morgan fingerprint density at radius 1 is 1.48 bits per heavy atom. The summed E-state index contributed by atoms with van der Waals surface area (Å²) < 4.78 is 23.8. The van der Waals surface area contributed by atoms with Crippen LogP contribution in [0.25, 0.3) is 0 Å². The molecule has 0 bridgehead atoms. The predicted molar refractivity (Wildman–Crippen MR) is 84.0 cm³/mol. The third kappa shape index (κ3) is 3.86. The van der Waals surface area contributed by atoms with Gasteiger partial charge in [-0.2, -0.15) is 0 Å². The second-order valence-electron chi connectivity index (χ2n) is 5.21. The highest BCUT2D eigenvalue weighted by Crippen LogP contribution is 2.25. The Hall–Kier alpha value is -1.99. The number of morpholine rings is 1. The van der Waals surface area contributed by atoms with Crippen molar-refractivity contribution in [2.75, 3.05) is 26.4 Å². The van der Waals surface area contributed by atoms with E-state index < -0.39 is 0 Å². The first kappa shape index (κ1) is 15.9. The van der Waals surface area contributed by atoms with E-state index in [4.69, 9.17) is 9.47 Å². The molecule has 0 saturated carbocycles. The minimum atomic E-state index is -0.337. The quantitative estimate of drug-likeness (QED) is 0.861. The standard InChI is InChI=1S/C16H17FN2O3S/c1-11-18-14(10-23-11)15-8-21-7-6-19(15)16(20)9-22-13-4-2-12(17)3-5-13/h2-5,10,15H,6-9H2,1H3/t15-/m1/s1. The molecule has 1 atom stereocenters. The van der Waals surface area contributed by atoms with Crippen LogP contribution in [0.5, 0.6) is 5.75 Å². The Morgan fingerprint density at radius 3 is 2.96 bits per heavy atom. The molecule has 2 aromatic rings. The van der Waals surface area contributed by atoms with Crippen molar-refractivity contribution in [3.8, 4) is 5.75 Å². The number of halogens is 1. The maximum absolute atomic E-state index is 12.9. The largest absolute Gasteiger partial charge is 0.484 e. The van der Waals surface area contributed by atoms with Gasteiger partial charge in [-0.1, -0.05) is 0 Å². The van der Waals surface area contributed by atoms with Crippen molar-refractivity contribution in [3.63, 3.8) is 0 Å². The highest BCUT2D eigenvalue weighted by atomic mass is 32.1. The van der Waals surface area contributed by atoms with Gasteiger partial charge in [-0.25, -0.2) is 9.37 Å². The summed E-state index contributed by atoms with van der Waals surface area (Å²) in [5.41, 5.74) is 0.849. The summed E-state index contributed by atoms with van der Waals surface area (Å²) in [7, 11) is 0. The van der Waals surface area contributed by atoms with Gasteiger partial charge in [-0.05, 0) is 31.2 Å². The van der Waals surface area contributed by atoms with Crippen molar-refractivity contribution in [1.82, 2.24) is 9.88 Å². The number of hydrogen-bond acceptors (Lipinski definition) is 5. The van der Waals surface area contributed by atoms with Crippen LogP contribution < -0.4 is 4.74 Å². The molecule has 1 aliphatic rings. The van der Waals surface area contributed by atoms with E-state index in [0.29, 0.717) is 25.5 Å². The van der Waals surface area contributed by atoms with Crippen molar-refractivity contribution in [2.24, 2.45) is 0 Å². The average Bonchev–Trinajstić information content (AvgIpc) is 3.00. The lowest BCUT2D eigenvalue weighted by atomic mass is 10.1. The summed E-state index contributed by atoms with van der Waals surface area (Å²) in [6.45, 7) is 3.28. The fraction of sp³-hybridized carbons (Fsp3) is 0.375. The fourth-order valence-corrected chi connectivity index (χ4v) is 3.10. The van der Waals surface area contributed by atoms with E-state index in [2.05, 4.69) is 4.98 Å². The van der Waals surface area contributed by atoms with E-state index in [0.717, 1.165) is 10.7 Å². The average molecular weight is 336 g/mol. The van der Waals surface area contributed by atoms with Crippen LogP contribution >= 0.6 is 11.3 Å². The number of rotatable bonds is 4. The van der Waals surface area contributed by atoms with Crippen LogP contribution in [0, 0.1) is 12.7 Å². The molecule has 1 aliphatic heterocycles. The molecule has 23 heavy (non-hydrogen) atoms. The lowest BCUT2D eigenvalue weighted by Gasteiger charge is -2.34. The molecule has 1 fully saturated rings. The molecule has 1 saturated heterocycles. The smallest absolute Gasteiger partial charge is 0.261 e. The Balaban J connectivity index is 1.65. The highest BCUT2D eigenvalue weighted by Gasteiger charge is 2.30. The molecule has 3 rings (SSSR count). The number of thiazole rings is 1. The van der Waals surface area contributed by atoms with E-state index in [1.54, 1.807) is 16.2 Å². The molecule has 122 valence electrons. The van der Waals surface area contributed by atoms with Gasteiger partial charge in [0.2, 0.25) is 0 Å². The molecule has 5 nitrogen and oxygen atoms in total. The lowest BCUT2D eigenvalue weighted by Crippen LogP contribution is -2.45. The summed E-state index contributed by atoms with van der Waals surface area (Å²) in [6.07, 6.45) is 0. The number of ether oxygens (including phenoxy) is 2. The molecular weight excluding hydrogens is 319 g/mol. The number of carbonyl (C=O) groups is 1. The number of nitrogens with zero attached hydrogens (tertiary/aromatic N) is 2. The van der Waals surface area contributed by atoms with E-state index in [-0.39, 0.29) is 24.4 Å². The Bertz CT molecular complexity index is 674. The van der Waals surface area contributed by atoms with Crippen LogP contribution in [0.2, 0.25) is 0 Å². The highest BCUT2D eigenvalue weighted by molar-refractivity contribution is 7.09. The van der Waals surface area contributed by atoms with Crippen molar-refractivity contribution in [3.05, 3.63) is 46.2 Å². The molecule has 1 amide bonds. The van der Waals surface area contributed by atoms with Crippen LogP contribution in [-0.2, 0) is 9.53 Å². The van der Waals surface area contributed by atoms with Gasteiger partial charge < -0.3 is 14.4 Å². The molecule has 0 aliphatic carbocycles. The first-order valence-corrected chi connectivity index (χ1v) is 8.19. The maximum atomic E-state index is 12.9. The fourth-order valence-electron chi connectivity index (χ4n) is 2.44. The number of aryl methyl sites for hydroxylation is 1. The molecule has 0 radical (unpaired) electrons. The number of benzene rings is 1. The zero-order chi connectivity index (χ0) is 16.2. The van der Waals surface area contributed by atoms with E-state index in [9.17, 15) is 9.18 Å². The predicted octanol–water partition coefficient (Wildman–Crippen LogP) is 2.57. The van der Waals surface area contributed by atoms with Gasteiger partial charge in [-0.3, -0.25) is 4.79 Å². The molecule has 0 N–H and O–H groups in total. The van der Waals surface area contributed by atoms with Crippen LogP contribution in [0.4, 0.5) is 4.39 Å². The number of carbonyl (C=O) groups excluding carboxylic acids is 1. The zero-order valence-electron chi connectivity index (χ0n) is 12.7. The molecule has 1 aromatic heterocycles. The van der Waals surface area contributed by atoms with Gasteiger partial charge in [0, 0.05) is 11.9 Å². The van der Waals surface area contributed by atoms with Gasteiger partial charge in [0.1, 0.15) is 11.6 Å². The SMILES string of the molecule is Cc1nc([C@H]2COCCN2C(=O)COc2ccc(F)cc2)cs1. The number of hydrogen-bond donors (Lipinski definition) is 0. The van der Waals surface area contributed by atoms with E-state index in [1.165, 1.54) is 24.3 Å². The topological polar surface area (TPSA) is 51.7 Å². The van der Waals surface area contributed by atoms with E-state index >= 15 is 0 Å². The summed E-state index contributed by atoms with van der Waals surface area (Å²) in [5, 5.41) is 2.91. The second-order valence-corrected chi connectivity index (χ2v) is 6.27. The number of amides is 1. The van der Waals surface area contributed by atoms with Gasteiger partial charge in [-0.15, -0.1) is 11.3 Å². The zero-order valence-corrected chi connectivity index (χ0v) is 13.5. The van der Waals surface area contributed by atoms with Gasteiger partial charge >= 0.3 is 0 Å². The third-order valence-electron chi connectivity index (χ3n) is 3.60. The minimum Gasteiger partial charge on any atom is -0.484 e. The van der Waals surface area contributed by atoms with Gasteiger partial charge in [0.15, 0.2) is 6.61 Å². The molecule has 0 spiro atoms.